The SMILES string of the molecule is COc1ccc(-c2nnc(Nc3ccc(Oc4ncccc4-c4ccnc(N)n4)nc3)c3ccccc23)cc1. The van der Waals surface area contributed by atoms with Crippen LogP contribution in [0.3, 0.4) is 0 Å². The van der Waals surface area contributed by atoms with Crippen molar-refractivity contribution in [1.29, 1.82) is 0 Å². The van der Waals surface area contributed by atoms with Gasteiger partial charge < -0.3 is 20.5 Å². The third kappa shape index (κ3) is 4.98. The second kappa shape index (κ2) is 10.4. The van der Waals surface area contributed by atoms with Gasteiger partial charge in [0.15, 0.2) is 5.82 Å². The molecule has 10 heteroatoms. The molecule has 0 bridgehead atoms. The monoisotopic (exact) mass is 514 g/mol. The van der Waals surface area contributed by atoms with Crippen molar-refractivity contribution in [3.05, 3.63) is 97.5 Å². The molecule has 190 valence electrons. The van der Waals surface area contributed by atoms with E-state index in [2.05, 4.69) is 35.5 Å². The molecule has 0 fully saturated rings. The Morgan fingerprint density at radius 1 is 0.769 bits per heavy atom. The zero-order valence-corrected chi connectivity index (χ0v) is 20.8. The van der Waals surface area contributed by atoms with E-state index in [1.165, 1.54) is 0 Å². The number of nitrogens with one attached hydrogen (secondary N) is 1. The molecule has 0 saturated carbocycles. The molecule has 0 spiro atoms. The van der Waals surface area contributed by atoms with Crippen molar-refractivity contribution in [3.63, 3.8) is 0 Å². The largest absolute Gasteiger partial charge is 0.497 e. The highest BCUT2D eigenvalue weighted by Crippen LogP contribution is 2.33. The average Bonchev–Trinajstić information content (AvgIpc) is 2.99. The van der Waals surface area contributed by atoms with Crippen LogP contribution in [0.4, 0.5) is 17.5 Å². The van der Waals surface area contributed by atoms with Crippen molar-refractivity contribution in [3.8, 4) is 40.0 Å². The number of benzene rings is 2. The summed E-state index contributed by atoms with van der Waals surface area (Å²) in [5.41, 5.74) is 9.49. The lowest BCUT2D eigenvalue weighted by atomic mass is 10.0. The number of hydrogen-bond donors (Lipinski definition) is 2. The van der Waals surface area contributed by atoms with Gasteiger partial charge in [-0.15, -0.1) is 10.2 Å². The lowest BCUT2D eigenvalue weighted by Gasteiger charge is -2.12. The predicted molar refractivity (Wildman–Crippen MR) is 149 cm³/mol. The van der Waals surface area contributed by atoms with Gasteiger partial charge in [-0.3, -0.25) is 0 Å². The second-order valence-corrected chi connectivity index (χ2v) is 8.44. The van der Waals surface area contributed by atoms with Gasteiger partial charge in [0.05, 0.1) is 30.3 Å². The van der Waals surface area contributed by atoms with Gasteiger partial charge in [0, 0.05) is 34.8 Å². The summed E-state index contributed by atoms with van der Waals surface area (Å²) in [6.45, 7) is 0. The minimum atomic E-state index is 0.170. The number of aromatic nitrogens is 6. The molecule has 0 amide bonds. The Labute approximate surface area is 223 Å². The van der Waals surface area contributed by atoms with E-state index >= 15 is 0 Å². The highest BCUT2D eigenvalue weighted by atomic mass is 16.5. The van der Waals surface area contributed by atoms with Gasteiger partial charge in [-0.05, 0) is 48.5 Å². The molecule has 0 aliphatic heterocycles. The molecule has 0 aliphatic rings. The summed E-state index contributed by atoms with van der Waals surface area (Å²) in [6, 6.07) is 24.7. The van der Waals surface area contributed by atoms with Crippen LogP contribution in [0.5, 0.6) is 17.5 Å². The molecular formula is C29H22N8O2. The summed E-state index contributed by atoms with van der Waals surface area (Å²) < 4.78 is 11.2. The number of methoxy groups -OCH3 is 1. The van der Waals surface area contributed by atoms with E-state index in [0.29, 0.717) is 28.8 Å². The van der Waals surface area contributed by atoms with Gasteiger partial charge in [-0.2, -0.15) is 0 Å². The van der Waals surface area contributed by atoms with Crippen LogP contribution in [0.2, 0.25) is 0 Å². The van der Waals surface area contributed by atoms with Crippen LogP contribution in [0.15, 0.2) is 97.5 Å². The van der Waals surface area contributed by atoms with E-state index < -0.39 is 0 Å². The zero-order valence-electron chi connectivity index (χ0n) is 20.8. The summed E-state index contributed by atoms with van der Waals surface area (Å²) in [5.74, 6) is 2.30. The molecule has 3 N–H and O–H groups in total. The Morgan fingerprint density at radius 2 is 1.62 bits per heavy atom. The molecule has 0 atom stereocenters. The first-order valence-electron chi connectivity index (χ1n) is 12.0. The van der Waals surface area contributed by atoms with Gasteiger partial charge in [-0.25, -0.2) is 19.9 Å². The summed E-state index contributed by atoms with van der Waals surface area (Å²) in [5, 5.41) is 14.2. The van der Waals surface area contributed by atoms with E-state index in [4.69, 9.17) is 15.2 Å². The number of nitrogens with zero attached hydrogens (tertiary/aromatic N) is 6. The maximum Gasteiger partial charge on any atom is 0.230 e. The van der Waals surface area contributed by atoms with Crippen LogP contribution in [0, 0.1) is 0 Å². The lowest BCUT2D eigenvalue weighted by Crippen LogP contribution is -2.00. The van der Waals surface area contributed by atoms with Crippen molar-refractivity contribution in [2.24, 2.45) is 0 Å². The van der Waals surface area contributed by atoms with E-state index in [0.717, 1.165) is 33.5 Å². The fourth-order valence-corrected chi connectivity index (χ4v) is 4.10. The van der Waals surface area contributed by atoms with Crippen molar-refractivity contribution in [1.82, 2.24) is 30.1 Å². The van der Waals surface area contributed by atoms with Gasteiger partial charge in [0.2, 0.25) is 17.7 Å². The number of nitrogen functional groups attached to an aromatic ring is 1. The number of rotatable bonds is 7. The zero-order chi connectivity index (χ0) is 26.6. The second-order valence-electron chi connectivity index (χ2n) is 8.44. The van der Waals surface area contributed by atoms with Gasteiger partial charge in [0.1, 0.15) is 11.4 Å². The highest BCUT2D eigenvalue weighted by molar-refractivity contribution is 6.00. The number of anilines is 3. The Morgan fingerprint density at radius 3 is 2.38 bits per heavy atom. The fourth-order valence-electron chi connectivity index (χ4n) is 4.10. The number of fused-ring (bicyclic) bond motifs is 1. The van der Waals surface area contributed by atoms with Crippen LogP contribution >= 0.6 is 0 Å². The Bertz CT molecular complexity index is 1760. The quantitative estimate of drug-likeness (QED) is 0.274. The normalized spacial score (nSPS) is 10.8. The fraction of sp³-hybridized carbons (Fsp3) is 0.0345. The standard InChI is InChI=1S/C29H22N8O2/c1-38-20-11-8-18(9-12-20)26-21-5-2-3-6-22(21)27(37-36-26)34-19-10-13-25(33-17-19)39-28-23(7-4-15-31-28)24-14-16-32-29(30)35-24/h2-17H,1H3,(H,34,37)(H2,30,32,35). The van der Waals surface area contributed by atoms with Crippen molar-refractivity contribution in [2.75, 3.05) is 18.2 Å². The van der Waals surface area contributed by atoms with Crippen LogP contribution in [-0.4, -0.2) is 37.2 Å². The van der Waals surface area contributed by atoms with Crippen molar-refractivity contribution in [2.45, 2.75) is 0 Å². The maximum atomic E-state index is 5.97. The van der Waals surface area contributed by atoms with Crippen LogP contribution in [0.25, 0.3) is 33.3 Å². The molecule has 6 aromatic rings. The first-order valence-corrected chi connectivity index (χ1v) is 12.0. The number of hydrogen-bond acceptors (Lipinski definition) is 10. The smallest absolute Gasteiger partial charge is 0.230 e. The molecule has 0 radical (unpaired) electrons. The summed E-state index contributed by atoms with van der Waals surface area (Å²) in [4.78, 5) is 17.0. The predicted octanol–water partition coefficient (Wildman–Crippen LogP) is 5.67. The Hall–Kier alpha value is -5.64. The summed E-state index contributed by atoms with van der Waals surface area (Å²) >= 11 is 0. The third-order valence-corrected chi connectivity index (χ3v) is 5.97. The van der Waals surface area contributed by atoms with Crippen LogP contribution < -0.4 is 20.5 Å². The summed E-state index contributed by atoms with van der Waals surface area (Å²) in [6.07, 6.45) is 4.89. The molecule has 4 aromatic heterocycles. The minimum absolute atomic E-state index is 0.170. The molecule has 4 heterocycles. The topological polar surface area (TPSA) is 134 Å². The molecule has 39 heavy (non-hydrogen) atoms. The molecule has 10 nitrogen and oxygen atoms in total. The van der Waals surface area contributed by atoms with E-state index in [1.54, 1.807) is 43.9 Å². The molecule has 2 aromatic carbocycles. The minimum Gasteiger partial charge on any atom is -0.497 e. The molecule has 0 aliphatic carbocycles. The highest BCUT2D eigenvalue weighted by Gasteiger charge is 2.13. The van der Waals surface area contributed by atoms with E-state index in [1.807, 2.05) is 60.7 Å². The van der Waals surface area contributed by atoms with Gasteiger partial charge >= 0.3 is 0 Å². The maximum absolute atomic E-state index is 5.97. The average molecular weight is 515 g/mol. The van der Waals surface area contributed by atoms with E-state index in [9.17, 15) is 0 Å². The molecule has 0 saturated heterocycles. The first kappa shape index (κ1) is 23.7. The van der Waals surface area contributed by atoms with Crippen LogP contribution in [0.1, 0.15) is 0 Å². The van der Waals surface area contributed by atoms with E-state index in [-0.39, 0.29) is 5.95 Å². The number of pyridine rings is 2. The molecule has 6 rings (SSSR count). The molecule has 0 unspecified atom stereocenters. The van der Waals surface area contributed by atoms with Gasteiger partial charge in [0.25, 0.3) is 0 Å². The number of nitrogens with two attached hydrogens (primary N) is 1. The van der Waals surface area contributed by atoms with Crippen molar-refractivity contribution >= 4 is 28.2 Å². The Balaban J connectivity index is 1.25. The van der Waals surface area contributed by atoms with Crippen molar-refractivity contribution < 1.29 is 9.47 Å². The third-order valence-electron chi connectivity index (χ3n) is 5.97. The van der Waals surface area contributed by atoms with Crippen LogP contribution in [-0.2, 0) is 0 Å². The number of ether oxygens (including phenoxy) is 2. The lowest BCUT2D eigenvalue weighted by molar-refractivity contribution is 0.415. The first-order chi connectivity index (χ1) is 19.2. The molecular weight excluding hydrogens is 492 g/mol. The Kier molecular flexibility index (Phi) is 6.32. The van der Waals surface area contributed by atoms with Gasteiger partial charge in [-0.1, -0.05) is 24.3 Å². The summed E-state index contributed by atoms with van der Waals surface area (Å²) in [7, 11) is 1.64.